The lowest BCUT2D eigenvalue weighted by atomic mass is 10.1. The zero-order valence-corrected chi connectivity index (χ0v) is 13.4. The maximum absolute atomic E-state index is 12.6. The van der Waals surface area contributed by atoms with E-state index in [0.717, 1.165) is 22.4 Å². The zero-order valence-electron chi connectivity index (χ0n) is 13.4. The summed E-state index contributed by atoms with van der Waals surface area (Å²) in [5.41, 5.74) is 4.06. The van der Waals surface area contributed by atoms with Gasteiger partial charge in [-0.1, -0.05) is 42.5 Å². The van der Waals surface area contributed by atoms with Crippen LogP contribution in [-0.2, 0) is 16.1 Å². The van der Waals surface area contributed by atoms with Gasteiger partial charge in [0, 0.05) is 5.69 Å². The second-order valence-electron chi connectivity index (χ2n) is 6.02. The lowest BCUT2D eigenvalue weighted by molar-refractivity contribution is -0.139. The summed E-state index contributed by atoms with van der Waals surface area (Å²) < 4.78 is 0. The van der Waals surface area contributed by atoms with Crippen LogP contribution in [0.1, 0.15) is 23.1 Å². The molecule has 2 aromatic carbocycles. The van der Waals surface area contributed by atoms with Crippen LogP contribution in [0, 0.1) is 13.8 Å². The Kier molecular flexibility index (Phi) is 4.15. The lowest BCUT2D eigenvalue weighted by Crippen LogP contribution is -2.34. The Morgan fingerprint density at radius 1 is 1.09 bits per heavy atom. The van der Waals surface area contributed by atoms with Crippen molar-refractivity contribution in [2.75, 3.05) is 5.32 Å². The monoisotopic (exact) mass is 308 g/mol. The summed E-state index contributed by atoms with van der Waals surface area (Å²) in [7, 11) is 0. The molecule has 1 aliphatic rings. The lowest BCUT2D eigenvalue weighted by Gasteiger charge is -2.17. The highest BCUT2D eigenvalue weighted by molar-refractivity contribution is 6.06. The largest absolute Gasteiger partial charge is 0.373 e. The number of amides is 2. The van der Waals surface area contributed by atoms with Gasteiger partial charge in [-0.25, -0.2) is 0 Å². The Morgan fingerprint density at radius 3 is 2.57 bits per heavy atom. The molecule has 1 aliphatic heterocycles. The SMILES string of the molecule is Cc1ccc(C)c(N[C@H]2CC(=O)N(Cc3ccccc3)C2=O)c1. The average Bonchev–Trinajstić information content (AvgIpc) is 2.80. The molecule has 1 fully saturated rings. The Bertz CT molecular complexity index is 740. The van der Waals surface area contributed by atoms with E-state index in [-0.39, 0.29) is 18.2 Å². The summed E-state index contributed by atoms with van der Waals surface area (Å²) in [6.07, 6.45) is 0.207. The number of anilines is 1. The summed E-state index contributed by atoms with van der Waals surface area (Å²) in [6, 6.07) is 15.2. The van der Waals surface area contributed by atoms with Crippen molar-refractivity contribution in [2.45, 2.75) is 32.9 Å². The molecule has 0 radical (unpaired) electrons. The van der Waals surface area contributed by atoms with E-state index < -0.39 is 6.04 Å². The first kappa shape index (κ1) is 15.3. The van der Waals surface area contributed by atoms with Gasteiger partial charge in [0.1, 0.15) is 6.04 Å². The molecular weight excluding hydrogens is 288 g/mol. The molecule has 4 nitrogen and oxygen atoms in total. The maximum Gasteiger partial charge on any atom is 0.252 e. The molecule has 0 unspecified atom stereocenters. The number of nitrogens with one attached hydrogen (secondary N) is 1. The molecule has 1 atom stereocenters. The van der Waals surface area contributed by atoms with E-state index in [1.54, 1.807) is 0 Å². The van der Waals surface area contributed by atoms with Crippen LogP contribution < -0.4 is 5.32 Å². The Morgan fingerprint density at radius 2 is 1.83 bits per heavy atom. The summed E-state index contributed by atoms with van der Waals surface area (Å²) >= 11 is 0. The molecule has 0 bridgehead atoms. The third-order valence-corrected chi connectivity index (χ3v) is 4.15. The highest BCUT2D eigenvalue weighted by atomic mass is 16.2. The number of benzene rings is 2. The molecule has 3 rings (SSSR count). The van der Waals surface area contributed by atoms with Crippen LogP contribution in [0.2, 0.25) is 0 Å². The van der Waals surface area contributed by atoms with E-state index in [1.165, 1.54) is 4.90 Å². The van der Waals surface area contributed by atoms with E-state index in [1.807, 2.05) is 62.4 Å². The normalized spacial score (nSPS) is 17.7. The molecule has 2 aromatic rings. The fraction of sp³-hybridized carbons (Fsp3) is 0.263. The molecule has 4 heteroatoms. The summed E-state index contributed by atoms with van der Waals surface area (Å²) in [6.45, 7) is 4.34. The molecular formula is C19H20N2O2. The first-order valence-electron chi connectivity index (χ1n) is 7.76. The number of hydrogen-bond acceptors (Lipinski definition) is 3. The quantitative estimate of drug-likeness (QED) is 0.883. The minimum atomic E-state index is -0.480. The molecule has 2 amide bonds. The first-order valence-corrected chi connectivity index (χ1v) is 7.76. The number of aryl methyl sites for hydroxylation is 2. The summed E-state index contributed by atoms with van der Waals surface area (Å²) in [5, 5.41) is 3.23. The van der Waals surface area contributed by atoms with Gasteiger partial charge < -0.3 is 5.32 Å². The van der Waals surface area contributed by atoms with E-state index >= 15 is 0 Å². The molecule has 1 N–H and O–H groups in total. The smallest absolute Gasteiger partial charge is 0.252 e. The van der Waals surface area contributed by atoms with Crippen molar-refractivity contribution in [3.63, 3.8) is 0 Å². The van der Waals surface area contributed by atoms with Crippen LogP contribution in [0.25, 0.3) is 0 Å². The zero-order chi connectivity index (χ0) is 16.4. The number of rotatable bonds is 4. The Labute approximate surface area is 136 Å². The Hall–Kier alpha value is -2.62. The second-order valence-corrected chi connectivity index (χ2v) is 6.02. The third kappa shape index (κ3) is 3.26. The highest BCUT2D eigenvalue weighted by Crippen LogP contribution is 2.23. The molecule has 0 saturated carbocycles. The van der Waals surface area contributed by atoms with Crippen molar-refractivity contribution in [2.24, 2.45) is 0 Å². The Balaban J connectivity index is 1.74. The molecule has 1 heterocycles. The number of carbonyl (C=O) groups excluding carboxylic acids is 2. The van der Waals surface area contributed by atoms with E-state index in [2.05, 4.69) is 5.32 Å². The van der Waals surface area contributed by atoms with Gasteiger partial charge in [0.2, 0.25) is 5.91 Å². The molecule has 0 aromatic heterocycles. The topological polar surface area (TPSA) is 49.4 Å². The van der Waals surface area contributed by atoms with Crippen molar-refractivity contribution in [3.8, 4) is 0 Å². The van der Waals surface area contributed by atoms with Gasteiger partial charge in [-0.15, -0.1) is 0 Å². The van der Waals surface area contributed by atoms with Gasteiger partial charge in [-0.05, 0) is 36.6 Å². The molecule has 118 valence electrons. The predicted molar refractivity (Wildman–Crippen MR) is 89.9 cm³/mol. The minimum Gasteiger partial charge on any atom is -0.373 e. The molecule has 0 aliphatic carbocycles. The van der Waals surface area contributed by atoms with E-state index in [0.29, 0.717) is 6.54 Å². The van der Waals surface area contributed by atoms with Crippen LogP contribution in [0.15, 0.2) is 48.5 Å². The maximum atomic E-state index is 12.6. The number of imide groups is 1. The van der Waals surface area contributed by atoms with E-state index in [4.69, 9.17) is 0 Å². The van der Waals surface area contributed by atoms with Crippen molar-refractivity contribution in [1.82, 2.24) is 4.90 Å². The van der Waals surface area contributed by atoms with Crippen molar-refractivity contribution in [1.29, 1.82) is 0 Å². The second kappa shape index (κ2) is 6.24. The predicted octanol–water partition coefficient (Wildman–Crippen LogP) is 3.04. The van der Waals surface area contributed by atoms with Crippen molar-refractivity contribution < 1.29 is 9.59 Å². The summed E-state index contributed by atoms with van der Waals surface area (Å²) in [4.78, 5) is 26.1. The number of nitrogens with zero attached hydrogens (tertiary/aromatic N) is 1. The number of carbonyl (C=O) groups is 2. The third-order valence-electron chi connectivity index (χ3n) is 4.15. The van der Waals surface area contributed by atoms with Gasteiger partial charge >= 0.3 is 0 Å². The van der Waals surface area contributed by atoms with E-state index in [9.17, 15) is 9.59 Å². The van der Waals surface area contributed by atoms with Crippen LogP contribution in [0.5, 0.6) is 0 Å². The molecule has 23 heavy (non-hydrogen) atoms. The van der Waals surface area contributed by atoms with Gasteiger partial charge in [0.15, 0.2) is 0 Å². The average molecular weight is 308 g/mol. The molecule has 0 spiro atoms. The summed E-state index contributed by atoms with van der Waals surface area (Å²) in [5.74, 6) is -0.276. The van der Waals surface area contributed by atoms with Crippen molar-refractivity contribution >= 4 is 17.5 Å². The number of likely N-dealkylation sites (tertiary alicyclic amines) is 1. The fourth-order valence-electron chi connectivity index (χ4n) is 2.81. The van der Waals surface area contributed by atoms with Gasteiger partial charge in [0.05, 0.1) is 13.0 Å². The first-order chi connectivity index (χ1) is 11.0. The van der Waals surface area contributed by atoms with Gasteiger partial charge in [0.25, 0.3) is 5.91 Å². The fourth-order valence-corrected chi connectivity index (χ4v) is 2.81. The standard InChI is InChI=1S/C19H20N2O2/c1-13-8-9-14(2)16(10-13)20-17-11-18(22)21(19(17)23)12-15-6-4-3-5-7-15/h3-10,17,20H,11-12H2,1-2H3/t17-/m0/s1. The van der Waals surface area contributed by atoms with Crippen LogP contribution >= 0.6 is 0 Å². The molecule has 1 saturated heterocycles. The minimum absolute atomic E-state index is 0.123. The van der Waals surface area contributed by atoms with Crippen LogP contribution in [0.4, 0.5) is 5.69 Å². The van der Waals surface area contributed by atoms with Crippen molar-refractivity contribution in [3.05, 3.63) is 65.2 Å². The van der Waals surface area contributed by atoms with Gasteiger partial charge in [-0.3, -0.25) is 14.5 Å². The van der Waals surface area contributed by atoms with Crippen LogP contribution in [0.3, 0.4) is 0 Å². The van der Waals surface area contributed by atoms with Gasteiger partial charge in [-0.2, -0.15) is 0 Å². The number of hydrogen-bond donors (Lipinski definition) is 1. The highest BCUT2D eigenvalue weighted by Gasteiger charge is 2.38. The van der Waals surface area contributed by atoms with Crippen LogP contribution in [-0.4, -0.2) is 22.8 Å².